The summed E-state index contributed by atoms with van der Waals surface area (Å²) in [6.45, 7) is 0.409. The first kappa shape index (κ1) is 24.0. The van der Waals surface area contributed by atoms with E-state index in [0.717, 1.165) is 56.5 Å². The van der Waals surface area contributed by atoms with Crippen molar-refractivity contribution in [1.82, 2.24) is 10.0 Å². The fraction of sp³-hybridized carbons (Fsp3) is 0.481. The fourth-order valence-corrected chi connectivity index (χ4v) is 6.86. The molecule has 2 aliphatic carbocycles. The highest BCUT2D eigenvalue weighted by molar-refractivity contribution is 7.89. The number of carbonyl (C=O) groups excluding carboxylic acids is 1. The summed E-state index contributed by atoms with van der Waals surface area (Å²) in [4.78, 5) is 18.1. The van der Waals surface area contributed by atoms with Crippen LogP contribution in [0.15, 0.2) is 58.4 Å². The van der Waals surface area contributed by atoms with Gasteiger partial charge in [0.15, 0.2) is 0 Å². The summed E-state index contributed by atoms with van der Waals surface area (Å²) in [5.41, 5.74) is 2.66. The van der Waals surface area contributed by atoms with Crippen molar-refractivity contribution in [3.05, 3.63) is 59.7 Å². The minimum absolute atomic E-state index is 0.0427. The van der Waals surface area contributed by atoms with Gasteiger partial charge in [-0.3, -0.25) is 9.79 Å². The number of hydrogen-bond acceptors (Lipinski definition) is 5. The van der Waals surface area contributed by atoms with E-state index in [1.54, 1.807) is 37.4 Å². The lowest BCUT2D eigenvalue weighted by atomic mass is 9.79. The monoisotopic (exact) mass is 495 g/mol. The number of carbonyl (C=O) groups is 1. The van der Waals surface area contributed by atoms with Gasteiger partial charge in [0.05, 0.1) is 18.0 Å². The molecule has 0 bridgehead atoms. The standard InChI is InChI=1S/C27H33N3O4S/c1-34-21-12-13-23-20(15-21)11-14-25-24(23)16-26(29-25)30-27(31)19-9-7-18(8-10-19)17-28-35(32,33)22-5-3-2-4-6-22/h2-6,12-13,15,18-19,24-25,28H,7-11,14,16-17H2,1H3,(H,29,30,31)/t18?,19?,24-,25+/m0/s1. The predicted octanol–water partition coefficient (Wildman–Crippen LogP) is 3.80. The quantitative estimate of drug-likeness (QED) is 0.637. The Morgan fingerprint density at radius 3 is 2.57 bits per heavy atom. The summed E-state index contributed by atoms with van der Waals surface area (Å²) in [5, 5.41) is 3.13. The summed E-state index contributed by atoms with van der Waals surface area (Å²) in [5.74, 6) is 2.29. The molecule has 8 heteroatoms. The predicted molar refractivity (Wildman–Crippen MR) is 135 cm³/mol. The number of methoxy groups -OCH3 is 1. The van der Waals surface area contributed by atoms with Crippen molar-refractivity contribution < 1.29 is 17.9 Å². The van der Waals surface area contributed by atoms with E-state index in [9.17, 15) is 13.2 Å². The normalized spacial score (nSPS) is 25.8. The van der Waals surface area contributed by atoms with Crippen LogP contribution in [0.25, 0.3) is 0 Å². The molecule has 1 amide bonds. The zero-order valence-corrected chi connectivity index (χ0v) is 20.9. The molecule has 1 fully saturated rings. The number of amides is 1. The molecular weight excluding hydrogens is 462 g/mol. The molecule has 0 saturated heterocycles. The van der Waals surface area contributed by atoms with Crippen LogP contribution in [0.3, 0.4) is 0 Å². The maximum absolute atomic E-state index is 13.0. The van der Waals surface area contributed by atoms with E-state index in [2.05, 4.69) is 22.2 Å². The van der Waals surface area contributed by atoms with Crippen molar-refractivity contribution in [3.63, 3.8) is 0 Å². The van der Waals surface area contributed by atoms with E-state index in [4.69, 9.17) is 9.73 Å². The molecule has 2 aromatic carbocycles. The molecule has 0 spiro atoms. The van der Waals surface area contributed by atoms with E-state index in [0.29, 0.717) is 12.5 Å². The van der Waals surface area contributed by atoms with Crippen molar-refractivity contribution >= 4 is 21.8 Å². The molecule has 2 aromatic rings. The van der Waals surface area contributed by atoms with Gasteiger partial charge in [0.1, 0.15) is 11.6 Å². The number of aliphatic imine (C=N–C) groups is 1. The average molecular weight is 496 g/mol. The van der Waals surface area contributed by atoms with Gasteiger partial charge in [0, 0.05) is 24.8 Å². The van der Waals surface area contributed by atoms with Gasteiger partial charge in [-0.2, -0.15) is 0 Å². The molecule has 2 N–H and O–H groups in total. The molecular formula is C27H33N3O4S. The van der Waals surface area contributed by atoms with Crippen LogP contribution in [0.4, 0.5) is 0 Å². The Kier molecular flexibility index (Phi) is 6.93. The minimum atomic E-state index is -3.49. The molecule has 3 aliphatic rings. The summed E-state index contributed by atoms with van der Waals surface area (Å²) in [6.07, 6.45) is 5.96. The molecule has 0 radical (unpaired) electrons. The smallest absolute Gasteiger partial charge is 0.240 e. The minimum Gasteiger partial charge on any atom is -0.497 e. The van der Waals surface area contributed by atoms with Gasteiger partial charge in [0.2, 0.25) is 15.9 Å². The van der Waals surface area contributed by atoms with Gasteiger partial charge in [-0.25, -0.2) is 13.1 Å². The van der Waals surface area contributed by atoms with E-state index >= 15 is 0 Å². The molecule has 0 aromatic heterocycles. The molecule has 1 heterocycles. The third-order valence-electron chi connectivity index (χ3n) is 7.76. The lowest BCUT2D eigenvalue weighted by Crippen LogP contribution is -2.38. The van der Waals surface area contributed by atoms with Crippen molar-refractivity contribution in [1.29, 1.82) is 0 Å². The van der Waals surface area contributed by atoms with Gasteiger partial charge in [-0.05, 0) is 79.8 Å². The van der Waals surface area contributed by atoms with Crippen LogP contribution in [0.2, 0.25) is 0 Å². The molecule has 35 heavy (non-hydrogen) atoms. The molecule has 1 aliphatic heterocycles. The van der Waals surface area contributed by atoms with Gasteiger partial charge < -0.3 is 10.1 Å². The average Bonchev–Trinajstić information content (AvgIpc) is 3.31. The second kappa shape index (κ2) is 10.1. The zero-order chi connectivity index (χ0) is 24.4. The van der Waals surface area contributed by atoms with Crippen molar-refractivity contribution in [2.24, 2.45) is 16.8 Å². The number of nitrogens with one attached hydrogen (secondary N) is 2. The SMILES string of the molecule is COc1ccc2c(c1)CC[C@H]1N=C(NC(=O)C3CCC(CNS(=O)(=O)c4ccccc4)CC3)C[C@@H]21. The van der Waals surface area contributed by atoms with Crippen LogP contribution in [-0.2, 0) is 21.2 Å². The first-order chi connectivity index (χ1) is 16.9. The van der Waals surface area contributed by atoms with E-state index in [1.165, 1.54) is 11.1 Å². The summed E-state index contributed by atoms with van der Waals surface area (Å²) in [7, 11) is -1.80. The van der Waals surface area contributed by atoms with Crippen molar-refractivity contribution in [3.8, 4) is 5.75 Å². The molecule has 2 atom stereocenters. The maximum atomic E-state index is 13.0. The first-order valence-corrected chi connectivity index (χ1v) is 14.0. The number of fused-ring (bicyclic) bond motifs is 3. The third-order valence-corrected chi connectivity index (χ3v) is 9.20. The lowest BCUT2D eigenvalue weighted by Gasteiger charge is -2.28. The topological polar surface area (TPSA) is 96.9 Å². The first-order valence-electron chi connectivity index (χ1n) is 12.5. The second-order valence-corrected chi connectivity index (χ2v) is 11.7. The summed E-state index contributed by atoms with van der Waals surface area (Å²) < 4.78 is 33.0. The molecule has 0 unspecified atom stereocenters. The van der Waals surface area contributed by atoms with Crippen molar-refractivity contribution in [2.45, 2.75) is 61.8 Å². The highest BCUT2D eigenvalue weighted by atomic mass is 32.2. The Balaban J connectivity index is 1.11. The van der Waals surface area contributed by atoms with Gasteiger partial charge in [-0.15, -0.1) is 0 Å². The van der Waals surface area contributed by atoms with Crippen LogP contribution in [0.1, 0.15) is 55.6 Å². The number of amidine groups is 1. The lowest BCUT2D eigenvalue weighted by molar-refractivity contribution is -0.124. The van der Waals surface area contributed by atoms with Gasteiger partial charge in [-0.1, -0.05) is 24.3 Å². The Labute approximate surface area is 207 Å². The largest absolute Gasteiger partial charge is 0.497 e. The van der Waals surface area contributed by atoms with E-state index < -0.39 is 10.0 Å². The number of sulfonamides is 1. The molecule has 7 nitrogen and oxygen atoms in total. The summed E-state index contributed by atoms with van der Waals surface area (Å²) in [6, 6.07) is 15.0. The summed E-state index contributed by atoms with van der Waals surface area (Å²) >= 11 is 0. The number of nitrogens with zero attached hydrogens (tertiary/aromatic N) is 1. The van der Waals surface area contributed by atoms with E-state index in [-0.39, 0.29) is 28.7 Å². The Morgan fingerprint density at radius 1 is 1.06 bits per heavy atom. The van der Waals surface area contributed by atoms with Crippen LogP contribution < -0.4 is 14.8 Å². The molecule has 5 rings (SSSR count). The Bertz CT molecular complexity index is 1200. The van der Waals surface area contributed by atoms with Gasteiger partial charge >= 0.3 is 0 Å². The van der Waals surface area contributed by atoms with Crippen LogP contribution in [0.5, 0.6) is 5.75 Å². The zero-order valence-electron chi connectivity index (χ0n) is 20.1. The highest BCUT2D eigenvalue weighted by Gasteiger charge is 2.36. The number of ether oxygens (including phenoxy) is 1. The second-order valence-electron chi connectivity index (χ2n) is 9.93. The highest BCUT2D eigenvalue weighted by Crippen LogP contribution is 2.41. The number of hydrogen-bond donors (Lipinski definition) is 2. The van der Waals surface area contributed by atoms with Crippen LogP contribution in [0, 0.1) is 11.8 Å². The molecule has 186 valence electrons. The van der Waals surface area contributed by atoms with E-state index in [1.807, 2.05) is 6.07 Å². The van der Waals surface area contributed by atoms with Crippen LogP contribution >= 0.6 is 0 Å². The number of aryl methyl sites for hydroxylation is 1. The Hall–Kier alpha value is -2.71. The Morgan fingerprint density at radius 2 is 1.83 bits per heavy atom. The van der Waals surface area contributed by atoms with Gasteiger partial charge in [0.25, 0.3) is 0 Å². The van der Waals surface area contributed by atoms with Crippen LogP contribution in [-0.4, -0.2) is 39.9 Å². The third kappa shape index (κ3) is 5.28. The molecule has 1 saturated carbocycles. The number of rotatable bonds is 6. The fourth-order valence-electron chi connectivity index (χ4n) is 5.73. The maximum Gasteiger partial charge on any atom is 0.240 e. The van der Waals surface area contributed by atoms with Crippen molar-refractivity contribution in [2.75, 3.05) is 13.7 Å². The number of benzene rings is 2.